The second-order valence-corrected chi connectivity index (χ2v) is 3.26. The van der Waals surface area contributed by atoms with Crippen molar-refractivity contribution >= 4 is 18.3 Å². The first-order chi connectivity index (χ1) is 8.19. The zero-order valence-corrected chi connectivity index (χ0v) is 9.12. The molecule has 0 atom stereocenters. The van der Waals surface area contributed by atoms with Crippen molar-refractivity contribution in [2.45, 2.75) is 0 Å². The third-order valence-corrected chi connectivity index (χ3v) is 2.03. The van der Waals surface area contributed by atoms with E-state index in [9.17, 15) is 0 Å². The lowest BCUT2D eigenvalue weighted by Gasteiger charge is -2.03. The lowest BCUT2D eigenvalue weighted by molar-refractivity contribution is 0.0512. The second kappa shape index (κ2) is 5.09. The molecule has 1 heterocycles. The highest BCUT2D eigenvalue weighted by Gasteiger charge is 2.15. The van der Waals surface area contributed by atoms with Crippen molar-refractivity contribution in [2.24, 2.45) is 0 Å². The van der Waals surface area contributed by atoms with Gasteiger partial charge in [0.05, 0.1) is 0 Å². The van der Waals surface area contributed by atoms with Gasteiger partial charge in [0.25, 0.3) is 5.95 Å². The Morgan fingerprint density at radius 1 is 1.29 bits per heavy atom. The van der Waals surface area contributed by atoms with Crippen LogP contribution in [0.1, 0.15) is 0 Å². The molecule has 1 aromatic heterocycles. The smallest absolute Gasteiger partial charge is 0.484 e. The Morgan fingerprint density at radius 3 is 2.82 bits per heavy atom. The fourth-order valence-electron chi connectivity index (χ4n) is 1.38. The first kappa shape index (κ1) is 11.8. The summed E-state index contributed by atoms with van der Waals surface area (Å²) in [5.74, 6) is 0.648. The number of rotatable bonds is 5. The second-order valence-electron chi connectivity index (χ2n) is 3.26. The van der Waals surface area contributed by atoms with E-state index >= 15 is 0 Å². The number of hydrogen-bond donors (Lipinski definition) is 2. The molecule has 7 heteroatoms. The van der Waals surface area contributed by atoms with Crippen molar-refractivity contribution in [1.29, 1.82) is 0 Å². The molecule has 0 spiro atoms. The minimum atomic E-state index is -1.90. The molecule has 0 fully saturated rings. The molecule has 0 saturated heterocycles. The Hall–Kier alpha value is -1.70. The van der Waals surface area contributed by atoms with E-state index in [1.807, 2.05) is 0 Å². The average molecular weight is 238 g/mol. The number of hydrogen-bond acceptors (Lipinski definition) is 6. The molecule has 0 saturated carbocycles. The quantitative estimate of drug-likeness (QED) is 0.591. The number of benzene rings is 1. The van der Waals surface area contributed by atoms with Gasteiger partial charge in [0, 0.05) is 18.6 Å². The summed E-state index contributed by atoms with van der Waals surface area (Å²) in [5, 5.41) is 18.0. The Bertz CT molecular complexity index is 495. The van der Waals surface area contributed by atoms with Crippen LogP contribution in [0.3, 0.4) is 0 Å². The summed E-state index contributed by atoms with van der Waals surface area (Å²) in [6.07, 6.45) is 0. The maximum atomic E-state index is 8.63. The van der Waals surface area contributed by atoms with Crippen molar-refractivity contribution in [3.8, 4) is 11.7 Å². The highest BCUT2D eigenvalue weighted by molar-refractivity contribution is 6.33. The van der Waals surface area contributed by atoms with Gasteiger partial charge in [-0.15, -0.1) is 0 Å². The highest BCUT2D eigenvalue weighted by atomic mass is 16.7. The third-order valence-electron chi connectivity index (χ3n) is 2.03. The van der Waals surface area contributed by atoms with E-state index in [0.717, 1.165) is 5.39 Å². The van der Waals surface area contributed by atoms with Gasteiger partial charge in [0.15, 0.2) is 6.79 Å². The van der Waals surface area contributed by atoms with Crippen LogP contribution in [-0.4, -0.2) is 31.3 Å². The zero-order chi connectivity index (χ0) is 12.3. The van der Waals surface area contributed by atoms with Crippen LogP contribution in [0.5, 0.6) is 11.7 Å². The summed E-state index contributed by atoms with van der Waals surface area (Å²) in [6.45, 7) is 0.155. The Morgan fingerprint density at radius 2 is 2.12 bits per heavy atom. The molecule has 2 rings (SSSR count). The SMILES string of the molecule is COCOc1ccc2oc(OB(O)O)cc2c1. The first-order valence-electron chi connectivity index (χ1n) is 4.87. The Labute approximate surface area is 97.5 Å². The molecule has 0 aliphatic heterocycles. The van der Waals surface area contributed by atoms with Crippen LogP contribution in [0.25, 0.3) is 11.0 Å². The summed E-state index contributed by atoms with van der Waals surface area (Å²) < 4.78 is 19.8. The molecular formula is C10H11BO6. The average Bonchev–Trinajstić information content (AvgIpc) is 2.66. The number of furan rings is 1. The molecule has 6 nitrogen and oxygen atoms in total. The molecule has 90 valence electrons. The van der Waals surface area contributed by atoms with E-state index in [-0.39, 0.29) is 12.7 Å². The van der Waals surface area contributed by atoms with Crippen molar-refractivity contribution in [1.82, 2.24) is 0 Å². The van der Waals surface area contributed by atoms with Crippen LogP contribution in [0.2, 0.25) is 0 Å². The van der Waals surface area contributed by atoms with Gasteiger partial charge in [-0.2, -0.15) is 0 Å². The summed E-state index contributed by atoms with van der Waals surface area (Å²) in [7, 11) is -0.370. The van der Waals surface area contributed by atoms with Gasteiger partial charge in [0.1, 0.15) is 11.3 Å². The van der Waals surface area contributed by atoms with Gasteiger partial charge in [-0.1, -0.05) is 0 Å². The predicted molar refractivity (Wildman–Crippen MR) is 59.5 cm³/mol. The molecular weight excluding hydrogens is 227 g/mol. The molecule has 0 aliphatic carbocycles. The van der Waals surface area contributed by atoms with Crippen molar-refractivity contribution < 1.29 is 28.6 Å². The predicted octanol–water partition coefficient (Wildman–Crippen LogP) is 0.764. The largest absolute Gasteiger partial charge is 0.709 e. The van der Waals surface area contributed by atoms with Gasteiger partial charge in [0.2, 0.25) is 0 Å². The maximum Gasteiger partial charge on any atom is 0.709 e. The van der Waals surface area contributed by atoms with E-state index in [1.54, 1.807) is 18.2 Å². The van der Waals surface area contributed by atoms with E-state index in [1.165, 1.54) is 13.2 Å². The maximum absolute atomic E-state index is 8.63. The summed E-state index contributed by atoms with van der Waals surface area (Å²) in [4.78, 5) is 0. The van der Waals surface area contributed by atoms with Gasteiger partial charge in [-0.3, -0.25) is 0 Å². The summed E-state index contributed by atoms with van der Waals surface area (Å²) in [5.41, 5.74) is 0.561. The number of fused-ring (bicyclic) bond motifs is 1. The minimum Gasteiger partial charge on any atom is -0.484 e. The Kier molecular flexibility index (Phi) is 3.53. The van der Waals surface area contributed by atoms with Gasteiger partial charge < -0.3 is 28.6 Å². The molecule has 0 unspecified atom stereocenters. The number of ether oxygens (including phenoxy) is 2. The van der Waals surface area contributed by atoms with Crippen LogP contribution in [0.4, 0.5) is 0 Å². The van der Waals surface area contributed by atoms with Crippen molar-refractivity contribution in [3.63, 3.8) is 0 Å². The summed E-state index contributed by atoms with van der Waals surface area (Å²) in [6, 6.07) is 6.67. The van der Waals surface area contributed by atoms with Crippen LogP contribution in [0.15, 0.2) is 28.7 Å². The van der Waals surface area contributed by atoms with E-state index in [2.05, 4.69) is 4.65 Å². The molecule has 1 aromatic carbocycles. The van der Waals surface area contributed by atoms with Crippen LogP contribution in [-0.2, 0) is 4.74 Å². The van der Waals surface area contributed by atoms with Crippen LogP contribution < -0.4 is 9.39 Å². The van der Waals surface area contributed by atoms with Gasteiger partial charge in [-0.25, -0.2) is 0 Å². The zero-order valence-electron chi connectivity index (χ0n) is 9.12. The van der Waals surface area contributed by atoms with Crippen molar-refractivity contribution in [2.75, 3.05) is 13.9 Å². The first-order valence-corrected chi connectivity index (χ1v) is 4.87. The fraction of sp³-hybridized carbons (Fsp3) is 0.200. The molecule has 0 radical (unpaired) electrons. The normalized spacial score (nSPS) is 10.5. The van der Waals surface area contributed by atoms with E-state index in [4.69, 9.17) is 23.9 Å². The van der Waals surface area contributed by atoms with E-state index < -0.39 is 7.32 Å². The van der Waals surface area contributed by atoms with Gasteiger partial charge >= 0.3 is 7.32 Å². The highest BCUT2D eigenvalue weighted by Crippen LogP contribution is 2.28. The molecule has 0 amide bonds. The molecule has 2 aromatic rings. The Balaban J connectivity index is 2.21. The number of methoxy groups -OCH3 is 1. The molecule has 0 bridgehead atoms. The van der Waals surface area contributed by atoms with Gasteiger partial charge in [-0.05, 0) is 18.2 Å². The van der Waals surface area contributed by atoms with Crippen LogP contribution >= 0.6 is 0 Å². The molecule has 17 heavy (non-hydrogen) atoms. The minimum absolute atomic E-state index is 0.0268. The molecule has 0 aliphatic rings. The van der Waals surface area contributed by atoms with Crippen molar-refractivity contribution in [3.05, 3.63) is 24.3 Å². The summed E-state index contributed by atoms with van der Waals surface area (Å²) >= 11 is 0. The molecule has 2 N–H and O–H groups in total. The standard InChI is InChI=1S/C10H11BO6/c1-14-6-15-8-2-3-9-7(4-8)5-10(16-9)17-11(12)13/h2-5,12-13H,6H2,1H3. The lowest BCUT2D eigenvalue weighted by atomic mass is 10.2. The third kappa shape index (κ3) is 2.91. The fourth-order valence-corrected chi connectivity index (χ4v) is 1.38. The van der Waals surface area contributed by atoms with E-state index in [0.29, 0.717) is 11.3 Å². The van der Waals surface area contributed by atoms with Crippen LogP contribution in [0, 0.1) is 0 Å². The monoisotopic (exact) mass is 238 g/mol. The topological polar surface area (TPSA) is 81.3 Å². The lowest BCUT2D eigenvalue weighted by Crippen LogP contribution is -2.20.